The second-order valence-electron chi connectivity index (χ2n) is 6.76. The zero-order valence-corrected chi connectivity index (χ0v) is 17.1. The lowest BCUT2D eigenvalue weighted by Gasteiger charge is -2.34. The Morgan fingerprint density at radius 1 is 1.21 bits per heavy atom. The Morgan fingerprint density at radius 3 is 2.71 bits per heavy atom. The zero-order chi connectivity index (χ0) is 19.5. The van der Waals surface area contributed by atoms with Gasteiger partial charge in [0.15, 0.2) is 5.82 Å². The van der Waals surface area contributed by atoms with Crippen LogP contribution in [0.1, 0.15) is 10.6 Å². The van der Waals surface area contributed by atoms with Gasteiger partial charge in [-0.3, -0.25) is 10.2 Å². The smallest absolute Gasteiger partial charge is 0.323 e. The highest BCUT2D eigenvalue weighted by atomic mass is 35.5. The molecule has 0 atom stereocenters. The minimum Gasteiger partial charge on any atom is -0.360 e. The molecule has 0 bridgehead atoms. The quantitative estimate of drug-likeness (QED) is 0.668. The molecule has 1 saturated heterocycles. The molecule has 1 aromatic carbocycles. The minimum atomic E-state index is -0.134. The number of nitrogens with zero attached hydrogens (tertiary/aromatic N) is 3. The van der Waals surface area contributed by atoms with E-state index in [1.54, 1.807) is 24.3 Å². The van der Waals surface area contributed by atoms with Gasteiger partial charge < -0.3 is 9.42 Å². The molecule has 1 aliphatic heterocycles. The Hall–Kier alpha value is -2.35. The second kappa shape index (κ2) is 8.34. The Labute approximate surface area is 172 Å². The molecule has 4 rings (SSSR count). The molecular formula is C20H21ClN4O2S. The normalized spacial score (nSPS) is 15.0. The lowest BCUT2D eigenvalue weighted by Crippen LogP contribution is -2.49. The number of hydrogen-bond donors (Lipinski definition) is 1. The van der Waals surface area contributed by atoms with E-state index in [2.05, 4.69) is 27.5 Å². The molecule has 3 aromatic rings. The molecule has 0 spiro atoms. The maximum absolute atomic E-state index is 12.3. The van der Waals surface area contributed by atoms with Crippen LogP contribution in [0.15, 0.2) is 47.0 Å². The van der Waals surface area contributed by atoms with E-state index in [0.29, 0.717) is 24.7 Å². The Bertz CT molecular complexity index is 963. The van der Waals surface area contributed by atoms with Crippen molar-refractivity contribution in [3.8, 4) is 10.4 Å². The monoisotopic (exact) mass is 416 g/mol. The maximum atomic E-state index is 12.3. The first kappa shape index (κ1) is 19.0. The summed E-state index contributed by atoms with van der Waals surface area (Å²) in [6.45, 7) is 5.72. The number of benzene rings is 1. The van der Waals surface area contributed by atoms with Crippen LogP contribution in [0.2, 0.25) is 5.02 Å². The van der Waals surface area contributed by atoms with Crippen molar-refractivity contribution < 1.29 is 9.32 Å². The van der Waals surface area contributed by atoms with E-state index >= 15 is 0 Å². The highest BCUT2D eigenvalue weighted by Crippen LogP contribution is 2.33. The molecule has 1 fully saturated rings. The average molecular weight is 417 g/mol. The van der Waals surface area contributed by atoms with Crippen molar-refractivity contribution in [1.82, 2.24) is 15.0 Å². The van der Waals surface area contributed by atoms with Gasteiger partial charge >= 0.3 is 6.03 Å². The fourth-order valence-corrected chi connectivity index (χ4v) is 4.60. The number of carbonyl (C=O) groups is 1. The van der Waals surface area contributed by atoms with Gasteiger partial charge in [0.1, 0.15) is 5.76 Å². The number of aryl methyl sites for hydroxylation is 1. The molecule has 146 valence electrons. The van der Waals surface area contributed by atoms with Crippen molar-refractivity contribution in [3.63, 3.8) is 0 Å². The van der Waals surface area contributed by atoms with E-state index in [1.165, 1.54) is 9.75 Å². The first-order chi connectivity index (χ1) is 13.6. The van der Waals surface area contributed by atoms with E-state index in [9.17, 15) is 4.79 Å². The number of aromatic nitrogens is 1. The van der Waals surface area contributed by atoms with E-state index in [4.69, 9.17) is 16.1 Å². The molecule has 0 aliphatic carbocycles. The third-order valence-electron chi connectivity index (χ3n) is 4.70. The van der Waals surface area contributed by atoms with Crippen molar-refractivity contribution in [2.24, 2.45) is 0 Å². The third-order valence-corrected chi connectivity index (χ3v) is 6.14. The number of urea groups is 1. The molecule has 28 heavy (non-hydrogen) atoms. The lowest BCUT2D eigenvalue weighted by molar-refractivity contribution is 0.143. The maximum Gasteiger partial charge on any atom is 0.323 e. The van der Waals surface area contributed by atoms with E-state index in [-0.39, 0.29) is 6.03 Å². The highest BCUT2D eigenvalue weighted by Gasteiger charge is 2.22. The standard InChI is InChI=1S/C20H21ClN4O2S/c1-14-12-19(23-27-14)22-20(26)25-10-8-24(9-11-25)13-15-6-7-18(28-15)16-4-2-3-5-17(16)21/h2-7,12H,8-11,13H2,1H3,(H,22,23,26). The van der Waals surface area contributed by atoms with Crippen molar-refractivity contribution >= 4 is 34.8 Å². The summed E-state index contributed by atoms with van der Waals surface area (Å²) in [6, 6.07) is 13.8. The van der Waals surface area contributed by atoms with Gasteiger partial charge in [-0.1, -0.05) is 35.0 Å². The SMILES string of the molecule is Cc1cc(NC(=O)N2CCN(Cc3ccc(-c4ccccc4Cl)s3)CC2)no1. The topological polar surface area (TPSA) is 61.6 Å². The molecule has 0 saturated carbocycles. The van der Waals surface area contributed by atoms with Crippen molar-refractivity contribution in [3.05, 3.63) is 58.1 Å². The first-order valence-corrected chi connectivity index (χ1v) is 10.3. The van der Waals surface area contributed by atoms with Gasteiger partial charge in [-0.05, 0) is 25.1 Å². The second-order valence-corrected chi connectivity index (χ2v) is 8.34. The van der Waals surface area contributed by atoms with Crippen molar-refractivity contribution in [2.45, 2.75) is 13.5 Å². The highest BCUT2D eigenvalue weighted by molar-refractivity contribution is 7.15. The van der Waals surface area contributed by atoms with Crippen LogP contribution in [-0.4, -0.2) is 47.2 Å². The van der Waals surface area contributed by atoms with Crippen molar-refractivity contribution in [2.75, 3.05) is 31.5 Å². The summed E-state index contributed by atoms with van der Waals surface area (Å²) in [6.07, 6.45) is 0. The number of rotatable bonds is 4. The van der Waals surface area contributed by atoms with Gasteiger partial charge in [0.05, 0.1) is 0 Å². The number of halogens is 1. The summed E-state index contributed by atoms with van der Waals surface area (Å²) in [4.78, 5) is 19.0. The molecule has 2 amide bonds. The van der Waals surface area contributed by atoms with Crippen LogP contribution in [0.5, 0.6) is 0 Å². The Kier molecular flexibility index (Phi) is 5.66. The van der Waals surface area contributed by atoms with Crippen LogP contribution >= 0.6 is 22.9 Å². The fourth-order valence-electron chi connectivity index (χ4n) is 3.21. The average Bonchev–Trinajstić information content (AvgIpc) is 3.31. The van der Waals surface area contributed by atoms with E-state index in [0.717, 1.165) is 30.2 Å². The van der Waals surface area contributed by atoms with Crippen LogP contribution < -0.4 is 5.32 Å². The summed E-state index contributed by atoms with van der Waals surface area (Å²) in [5.74, 6) is 1.13. The molecule has 3 heterocycles. The summed E-state index contributed by atoms with van der Waals surface area (Å²) < 4.78 is 4.98. The molecule has 8 heteroatoms. The van der Waals surface area contributed by atoms with Gasteiger partial charge in [-0.15, -0.1) is 11.3 Å². The van der Waals surface area contributed by atoms with Crippen LogP contribution in [0, 0.1) is 6.92 Å². The van der Waals surface area contributed by atoms with Crippen LogP contribution in [0.4, 0.5) is 10.6 Å². The number of amides is 2. The number of thiophene rings is 1. The van der Waals surface area contributed by atoms with Crippen LogP contribution in [0.3, 0.4) is 0 Å². The molecule has 1 N–H and O–H groups in total. The van der Waals surface area contributed by atoms with Gasteiger partial charge in [-0.25, -0.2) is 4.79 Å². The fraction of sp³-hybridized carbons (Fsp3) is 0.300. The van der Waals surface area contributed by atoms with Gasteiger partial charge in [0, 0.05) is 59.1 Å². The third kappa shape index (κ3) is 4.38. The van der Waals surface area contributed by atoms with Gasteiger partial charge in [-0.2, -0.15) is 0 Å². The van der Waals surface area contributed by atoms with Crippen LogP contribution in [-0.2, 0) is 6.54 Å². The lowest BCUT2D eigenvalue weighted by atomic mass is 10.2. The minimum absolute atomic E-state index is 0.134. The van der Waals surface area contributed by atoms with E-state index < -0.39 is 0 Å². The van der Waals surface area contributed by atoms with Crippen molar-refractivity contribution in [1.29, 1.82) is 0 Å². The Morgan fingerprint density at radius 2 is 2.00 bits per heavy atom. The first-order valence-electron chi connectivity index (χ1n) is 9.14. The molecule has 2 aromatic heterocycles. The zero-order valence-electron chi connectivity index (χ0n) is 15.5. The Balaban J connectivity index is 1.30. The molecule has 0 radical (unpaired) electrons. The number of carbonyl (C=O) groups excluding carboxylic acids is 1. The number of hydrogen-bond acceptors (Lipinski definition) is 5. The molecule has 0 unspecified atom stereocenters. The molecule has 1 aliphatic rings. The summed E-state index contributed by atoms with van der Waals surface area (Å²) in [7, 11) is 0. The summed E-state index contributed by atoms with van der Waals surface area (Å²) >= 11 is 8.07. The number of piperazine rings is 1. The summed E-state index contributed by atoms with van der Waals surface area (Å²) in [5, 5.41) is 7.36. The van der Waals surface area contributed by atoms with Gasteiger partial charge in [0.25, 0.3) is 0 Å². The summed E-state index contributed by atoms with van der Waals surface area (Å²) in [5.41, 5.74) is 1.07. The molecular weight excluding hydrogens is 396 g/mol. The van der Waals surface area contributed by atoms with Gasteiger partial charge in [0.2, 0.25) is 0 Å². The van der Waals surface area contributed by atoms with E-state index in [1.807, 2.05) is 29.2 Å². The van der Waals surface area contributed by atoms with Crippen LogP contribution in [0.25, 0.3) is 10.4 Å². The molecule has 6 nitrogen and oxygen atoms in total. The predicted molar refractivity (Wildman–Crippen MR) is 112 cm³/mol. The largest absolute Gasteiger partial charge is 0.360 e. The number of anilines is 1. The predicted octanol–water partition coefficient (Wildman–Crippen LogP) is 4.71. The number of nitrogens with one attached hydrogen (secondary N) is 1.